The van der Waals surface area contributed by atoms with Gasteiger partial charge >= 0.3 is 0 Å². The smallest absolute Gasteiger partial charge is 0.228 e. The third-order valence-electron chi connectivity index (χ3n) is 5.19. The van der Waals surface area contributed by atoms with Gasteiger partial charge in [0.15, 0.2) is 11.8 Å². The van der Waals surface area contributed by atoms with Crippen LogP contribution in [0.1, 0.15) is 56.8 Å². The predicted molar refractivity (Wildman–Crippen MR) is 131 cm³/mol. The zero-order valence-electron chi connectivity index (χ0n) is 18.6. The minimum atomic E-state index is -0.184. The molecule has 172 valence electrons. The maximum absolute atomic E-state index is 13.1. The molecule has 1 aliphatic heterocycles. The van der Waals surface area contributed by atoms with Gasteiger partial charge in [-0.3, -0.25) is 9.89 Å². The second-order valence-electron chi connectivity index (χ2n) is 8.03. The molecule has 0 radical (unpaired) electrons. The van der Waals surface area contributed by atoms with Gasteiger partial charge in [-0.25, -0.2) is 4.39 Å². The van der Waals surface area contributed by atoms with Crippen molar-refractivity contribution in [1.82, 2.24) is 25.7 Å². The molecule has 9 heteroatoms. The number of nitrogens with zero attached hydrogens (tertiary/aromatic N) is 4. The first-order valence-corrected chi connectivity index (χ1v) is 10.9. The van der Waals surface area contributed by atoms with Crippen LogP contribution in [0.2, 0.25) is 0 Å². The zero-order valence-corrected chi connectivity index (χ0v) is 20.9. The van der Waals surface area contributed by atoms with Gasteiger partial charge in [-0.1, -0.05) is 31.1 Å². The van der Waals surface area contributed by atoms with E-state index in [1.807, 2.05) is 26.0 Å². The lowest BCUT2D eigenvalue weighted by Crippen LogP contribution is -2.48. The van der Waals surface area contributed by atoms with Crippen molar-refractivity contribution >= 4 is 29.9 Å². The van der Waals surface area contributed by atoms with Crippen molar-refractivity contribution in [2.75, 3.05) is 26.2 Å². The van der Waals surface area contributed by atoms with Crippen molar-refractivity contribution in [3.05, 3.63) is 47.4 Å². The Kier molecular flexibility index (Phi) is 10.7. The number of piperidine rings is 1. The molecule has 1 aliphatic rings. The fourth-order valence-electron chi connectivity index (χ4n) is 3.46. The number of guanidine groups is 1. The molecular formula is C22H34FIN6O. The van der Waals surface area contributed by atoms with Crippen molar-refractivity contribution in [2.45, 2.75) is 58.5 Å². The van der Waals surface area contributed by atoms with Gasteiger partial charge in [0.2, 0.25) is 5.89 Å². The number of aromatic nitrogens is 2. The summed E-state index contributed by atoms with van der Waals surface area (Å²) in [6.45, 7) is 10.4. The Morgan fingerprint density at radius 1 is 1.26 bits per heavy atom. The van der Waals surface area contributed by atoms with E-state index in [0.717, 1.165) is 56.4 Å². The number of halogens is 2. The molecule has 0 bridgehead atoms. The summed E-state index contributed by atoms with van der Waals surface area (Å²) in [5, 5.41) is 10.9. The highest BCUT2D eigenvalue weighted by Gasteiger charge is 2.20. The molecule has 1 aromatic carbocycles. The summed E-state index contributed by atoms with van der Waals surface area (Å²) in [6, 6.07) is 7.18. The Morgan fingerprint density at radius 2 is 1.97 bits per heavy atom. The molecule has 1 saturated heterocycles. The predicted octanol–water partition coefficient (Wildman–Crippen LogP) is 3.71. The minimum absolute atomic E-state index is 0. The van der Waals surface area contributed by atoms with E-state index in [9.17, 15) is 4.39 Å². The van der Waals surface area contributed by atoms with Gasteiger partial charge in [-0.15, -0.1) is 24.0 Å². The van der Waals surface area contributed by atoms with Crippen LogP contribution in [-0.4, -0.2) is 53.2 Å². The first kappa shape index (κ1) is 25.5. The molecule has 0 saturated carbocycles. The Balaban J connectivity index is 0.00000341. The quantitative estimate of drug-likeness (QED) is 0.300. The van der Waals surface area contributed by atoms with Gasteiger partial charge < -0.3 is 15.2 Å². The molecule has 0 unspecified atom stereocenters. The molecule has 2 N–H and O–H groups in total. The fourth-order valence-corrected chi connectivity index (χ4v) is 3.46. The van der Waals surface area contributed by atoms with Crippen molar-refractivity contribution in [3.63, 3.8) is 0 Å². The highest BCUT2D eigenvalue weighted by molar-refractivity contribution is 14.0. The van der Waals surface area contributed by atoms with Crippen LogP contribution in [0.4, 0.5) is 4.39 Å². The second kappa shape index (κ2) is 12.9. The molecular weight excluding hydrogens is 510 g/mol. The van der Waals surface area contributed by atoms with Crippen molar-refractivity contribution < 1.29 is 8.91 Å². The lowest BCUT2D eigenvalue weighted by Gasteiger charge is -2.33. The fraction of sp³-hybridized carbons (Fsp3) is 0.591. The normalized spacial score (nSPS) is 15.7. The number of rotatable bonds is 8. The molecule has 0 atom stereocenters. The van der Waals surface area contributed by atoms with Crippen LogP contribution >= 0.6 is 24.0 Å². The molecule has 1 fully saturated rings. The summed E-state index contributed by atoms with van der Waals surface area (Å²) in [6.07, 6.45) is 2.73. The maximum Gasteiger partial charge on any atom is 0.228 e. The Bertz CT molecular complexity index is 803. The van der Waals surface area contributed by atoms with E-state index < -0.39 is 0 Å². The number of hydrogen-bond donors (Lipinski definition) is 2. The highest BCUT2D eigenvalue weighted by atomic mass is 127. The molecule has 0 aliphatic carbocycles. The second-order valence-corrected chi connectivity index (χ2v) is 8.03. The molecule has 31 heavy (non-hydrogen) atoms. The van der Waals surface area contributed by atoms with Crippen LogP contribution < -0.4 is 10.6 Å². The Hall–Kier alpha value is -1.75. The first-order chi connectivity index (χ1) is 14.5. The number of likely N-dealkylation sites (tertiary alicyclic amines) is 1. The van der Waals surface area contributed by atoms with E-state index in [1.165, 1.54) is 12.1 Å². The van der Waals surface area contributed by atoms with Gasteiger partial charge in [0.1, 0.15) is 5.82 Å². The Morgan fingerprint density at radius 3 is 2.58 bits per heavy atom. The van der Waals surface area contributed by atoms with Crippen LogP contribution in [0.25, 0.3) is 0 Å². The van der Waals surface area contributed by atoms with E-state index >= 15 is 0 Å². The van der Waals surface area contributed by atoms with E-state index in [-0.39, 0.29) is 35.7 Å². The monoisotopic (exact) mass is 544 g/mol. The number of benzene rings is 1. The summed E-state index contributed by atoms with van der Waals surface area (Å²) in [5.41, 5.74) is 1.15. The van der Waals surface area contributed by atoms with Gasteiger partial charge in [0.05, 0.1) is 6.54 Å². The van der Waals surface area contributed by atoms with Crippen molar-refractivity contribution in [2.24, 2.45) is 4.99 Å². The maximum atomic E-state index is 13.1. The van der Waals surface area contributed by atoms with Crippen LogP contribution in [0.3, 0.4) is 0 Å². The number of nitrogens with one attached hydrogen (secondary N) is 2. The molecule has 2 aromatic rings. The number of hydrogen-bond acceptors (Lipinski definition) is 5. The third kappa shape index (κ3) is 8.36. The van der Waals surface area contributed by atoms with E-state index in [1.54, 1.807) is 0 Å². The standard InChI is InChI=1S/C22H33FN6O.HI/c1-4-24-22(25-12-9-20-27-21(16(2)3)28-30-20)26-19-10-13-29(14-11-19)15-17-5-7-18(23)8-6-17;/h5-8,16,19H,4,9-15H2,1-3H3,(H2,24,25,26);1H. The summed E-state index contributed by atoms with van der Waals surface area (Å²) >= 11 is 0. The lowest BCUT2D eigenvalue weighted by molar-refractivity contribution is 0.198. The SMILES string of the molecule is CCNC(=NCCc1nc(C(C)C)no1)NC1CCN(Cc2ccc(F)cc2)CC1.I. The van der Waals surface area contributed by atoms with Crippen LogP contribution in [0.15, 0.2) is 33.8 Å². The molecule has 7 nitrogen and oxygen atoms in total. The summed E-state index contributed by atoms with van der Waals surface area (Å²) < 4.78 is 18.4. The Labute approximate surface area is 201 Å². The average molecular weight is 544 g/mol. The van der Waals surface area contributed by atoms with E-state index in [4.69, 9.17) is 4.52 Å². The molecule has 0 spiro atoms. The first-order valence-electron chi connectivity index (χ1n) is 10.9. The highest BCUT2D eigenvalue weighted by Crippen LogP contribution is 2.14. The summed E-state index contributed by atoms with van der Waals surface area (Å²) in [4.78, 5) is 11.5. The van der Waals surface area contributed by atoms with Crippen LogP contribution in [0.5, 0.6) is 0 Å². The van der Waals surface area contributed by atoms with Crippen molar-refractivity contribution in [1.29, 1.82) is 0 Å². The van der Waals surface area contributed by atoms with E-state index in [0.29, 0.717) is 24.9 Å². The van der Waals surface area contributed by atoms with Gasteiger partial charge in [-0.05, 0) is 37.5 Å². The van der Waals surface area contributed by atoms with Crippen molar-refractivity contribution in [3.8, 4) is 0 Å². The zero-order chi connectivity index (χ0) is 21.3. The molecule has 1 aromatic heterocycles. The summed E-state index contributed by atoms with van der Waals surface area (Å²) in [5.74, 6) is 2.28. The molecule has 3 rings (SSSR count). The van der Waals surface area contributed by atoms with E-state index in [2.05, 4.69) is 37.6 Å². The largest absolute Gasteiger partial charge is 0.357 e. The minimum Gasteiger partial charge on any atom is -0.357 e. The van der Waals surface area contributed by atoms with Gasteiger partial charge in [-0.2, -0.15) is 4.98 Å². The molecule has 0 amide bonds. The van der Waals surface area contributed by atoms with Crippen LogP contribution in [0, 0.1) is 5.82 Å². The average Bonchev–Trinajstić information content (AvgIpc) is 3.21. The summed E-state index contributed by atoms with van der Waals surface area (Å²) in [7, 11) is 0. The van der Waals surface area contributed by atoms with Crippen LogP contribution in [-0.2, 0) is 13.0 Å². The van der Waals surface area contributed by atoms with Gasteiger partial charge in [0.25, 0.3) is 0 Å². The van der Waals surface area contributed by atoms with Gasteiger partial charge in [0, 0.05) is 44.6 Å². The molecule has 2 heterocycles. The topological polar surface area (TPSA) is 78.6 Å². The third-order valence-corrected chi connectivity index (χ3v) is 5.19. The number of aliphatic imine (C=N–C) groups is 1. The lowest BCUT2D eigenvalue weighted by atomic mass is 10.0.